The molecule has 0 saturated carbocycles. The molecule has 1 aromatic rings. The predicted molar refractivity (Wildman–Crippen MR) is 200 cm³/mol. The first kappa shape index (κ1) is 46.2. The smallest absolute Gasteiger partial charge is 0.310 e. The summed E-state index contributed by atoms with van der Waals surface area (Å²) in [5.74, 6) is -11.5. The number of nitrogens with zero attached hydrogens (tertiary/aromatic N) is 2. The van der Waals surface area contributed by atoms with E-state index in [4.69, 9.17) is 17.2 Å². The van der Waals surface area contributed by atoms with E-state index in [1.165, 1.54) is 6.07 Å². The number of fused-ring (bicyclic) bond motifs is 1. The van der Waals surface area contributed by atoms with Crippen molar-refractivity contribution >= 4 is 86.4 Å². The Kier molecular flexibility index (Phi) is 17.0. The minimum Gasteiger partial charge on any atom is -0.502 e. The van der Waals surface area contributed by atoms with Crippen molar-refractivity contribution in [3.05, 3.63) is 33.9 Å². The van der Waals surface area contributed by atoms with Gasteiger partial charge in [0.05, 0.1) is 36.9 Å². The molecule has 316 valence electrons. The molecule has 6 atom stereocenters. The van der Waals surface area contributed by atoms with Crippen LogP contribution in [-0.4, -0.2) is 147 Å². The average Bonchev–Trinajstić information content (AvgIpc) is 3.12. The van der Waals surface area contributed by atoms with Crippen LogP contribution in [0.2, 0.25) is 0 Å². The number of primary amides is 2. The number of phenolic OH excluding ortho intramolecular Hbond substituents is 1. The van der Waals surface area contributed by atoms with Gasteiger partial charge in [0.15, 0.2) is 5.75 Å². The van der Waals surface area contributed by atoms with Crippen LogP contribution in [0.3, 0.4) is 0 Å². The monoisotopic (exact) mass is 855 g/mol. The number of carboxylic acid groups (broad SMARTS) is 1. The summed E-state index contributed by atoms with van der Waals surface area (Å²) < 4.78 is 0. The summed E-state index contributed by atoms with van der Waals surface area (Å²) in [7, 11) is 1.86. The Bertz CT molecular complexity index is 1840. The van der Waals surface area contributed by atoms with Gasteiger partial charge in [-0.1, -0.05) is 27.7 Å². The minimum absolute atomic E-state index is 0.0299. The van der Waals surface area contributed by atoms with Crippen LogP contribution in [0.15, 0.2) is 18.2 Å². The molecule has 27 heteroatoms. The van der Waals surface area contributed by atoms with Gasteiger partial charge >= 0.3 is 11.7 Å². The first-order chi connectivity index (χ1) is 27.3. The van der Waals surface area contributed by atoms with Gasteiger partial charge in [-0.2, -0.15) is 0 Å². The molecule has 14 N–H and O–H groups in total. The molecule has 25 nitrogen and oxygen atoms in total. The summed E-state index contributed by atoms with van der Waals surface area (Å²) in [6.07, 6.45) is -2.02. The molecule has 0 radical (unpaired) electrons. The van der Waals surface area contributed by atoms with Crippen molar-refractivity contribution in [2.45, 2.75) is 61.9 Å². The van der Waals surface area contributed by atoms with Gasteiger partial charge in [-0.15, -0.1) is 0 Å². The van der Waals surface area contributed by atoms with Crippen molar-refractivity contribution in [1.82, 2.24) is 36.8 Å². The second-order valence-corrected chi connectivity index (χ2v) is 15.3. The van der Waals surface area contributed by atoms with Crippen LogP contribution < -0.4 is 49.1 Å². The third-order valence-electron chi connectivity index (χ3n) is 8.42. The van der Waals surface area contributed by atoms with Crippen molar-refractivity contribution in [3.8, 4) is 5.75 Å². The van der Waals surface area contributed by atoms with E-state index >= 15 is 0 Å². The van der Waals surface area contributed by atoms with Crippen LogP contribution in [0.25, 0.3) is 0 Å². The Morgan fingerprint density at radius 3 is 2.05 bits per heavy atom. The second-order valence-electron chi connectivity index (χ2n) is 12.8. The van der Waals surface area contributed by atoms with Crippen molar-refractivity contribution in [2.24, 2.45) is 17.2 Å². The molecule has 9 amide bonds. The minimum atomic E-state index is -1.74. The predicted octanol–water partition coefficient (Wildman–Crippen LogP) is -5.83. The van der Waals surface area contributed by atoms with Gasteiger partial charge < -0.3 is 64.2 Å². The normalized spacial score (nSPS) is 24.9. The van der Waals surface area contributed by atoms with Gasteiger partial charge in [0.25, 0.3) is 0 Å². The number of carboxylic acids is 1. The highest BCUT2D eigenvalue weighted by molar-refractivity contribution is 8.76. The molecule has 58 heavy (non-hydrogen) atoms. The topological polar surface area (TPSA) is 408 Å². The summed E-state index contributed by atoms with van der Waals surface area (Å²) in [6.45, 7) is -1.59. The van der Waals surface area contributed by atoms with Gasteiger partial charge in [0.1, 0.15) is 30.2 Å². The third kappa shape index (κ3) is 13.8. The molecule has 2 saturated heterocycles. The fourth-order valence-corrected chi connectivity index (χ4v) is 7.59. The van der Waals surface area contributed by atoms with E-state index in [0.717, 1.165) is 38.6 Å². The van der Waals surface area contributed by atoms with Crippen LogP contribution in [0, 0.1) is 10.1 Å². The van der Waals surface area contributed by atoms with E-state index in [1.807, 2.05) is 0 Å². The average molecular weight is 856 g/mol. The first-order valence-corrected chi connectivity index (χ1v) is 19.6. The standard InChI is InChI=1S/C31H41N11O14S2/c32-14-11-57-58-12-18(26(34)49)40-30(53)16(7-22(33)44)39-31(54)19-3-4-41(19)24(46)10-36-28(51)15(5-13-1-2-21(43)20(6-13)42(55)56)37-23(45)9-35-29(52)17(8-25(47)48)38-27(14)50/h1-2,6,14-19,43H,3-5,7-12,32H2,(H2,33,44)(H2,34,49)(H,35,52)(H,36,51)(H,37,45)(H,38,50)(H,39,54)(H,40,53)(H,47,48)/t14-,15+,16+,17-,18-,19-/m1/s1. The number of aliphatic carboxylic acids is 1. The van der Waals surface area contributed by atoms with Gasteiger partial charge in [-0.3, -0.25) is 58.1 Å². The molecule has 2 heterocycles. The highest BCUT2D eigenvalue weighted by Gasteiger charge is 2.40. The molecule has 0 unspecified atom stereocenters. The Morgan fingerprint density at radius 2 is 1.45 bits per heavy atom. The highest BCUT2D eigenvalue weighted by atomic mass is 33.1. The van der Waals surface area contributed by atoms with Crippen LogP contribution in [0.4, 0.5) is 5.69 Å². The van der Waals surface area contributed by atoms with Crippen molar-refractivity contribution in [1.29, 1.82) is 0 Å². The molecule has 3 rings (SSSR count). The fourth-order valence-electron chi connectivity index (χ4n) is 5.29. The Morgan fingerprint density at radius 1 is 0.828 bits per heavy atom. The number of nitro benzene ring substituents is 1. The molecule has 2 aliphatic rings. The van der Waals surface area contributed by atoms with Crippen molar-refractivity contribution in [2.75, 3.05) is 31.1 Å². The molecule has 0 aromatic heterocycles. The van der Waals surface area contributed by atoms with Crippen LogP contribution in [0.5, 0.6) is 5.75 Å². The van der Waals surface area contributed by atoms with E-state index in [1.54, 1.807) is 0 Å². The lowest BCUT2D eigenvalue weighted by molar-refractivity contribution is -0.385. The maximum atomic E-state index is 13.4. The highest BCUT2D eigenvalue weighted by Crippen LogP contribution is 2.27. The number of hydrogen-bond donors (Lipinski definition) is 11. The Balaban J connectivity index is 1.91. The molecule has 0 spiro atoms. The third-order valence-corrected chi connectivity index (χ3v) is 10.9. The number of nitro groups is 1. The Hall–Kier alpha value is -6.22. The molecule has 0 bridgehead atoms. The van der Waals surface area contributed by atoms with E-state index in [2.05, 4.69) is 31.9 Å². The molecular formula is C31H41N11O14S2. The quantitative estimate of drug-likeness (QED) is 0.0659. The van der Waals surface area contributed by atoms with Crippen LogP contribution in [0.1, 0.15) is 24.8 Å². The molecular weight excluding hydrogens is 815 g/mol. The molecule has 0 aliphatic carbocycles. The molecule has 1 aromatic carbocycles. The summed E-state index contributed by atoms with van der Waals surface area (Å²) in [6, 6.07) is -5.72. The van der Waals surface area contributed by atoms with Gasteiger partial charge in [0, 0.05) is 30.5 Å². The van der Waals surface area contributed by atoms with Gasteiger partial charge in [-0.05, 0) is 18.1 Å². The lowest BCUT2D eigenvalue weighted by Crippen LogP contribution is -2.63. The number of carbonyl (C=O) groups is 10. The van der Waals surface area contributed by atoms with E-state index < -0.39 is 144 Å². The number of phenols is 1. The SMILES string of the molecule is NC(=O)C[C@@H]1NC(=O)[C@H]2CCN2C(=O)CNC(=O)[C@H](Cc2ccc(O)c([N+](=O)[O-])c2)NC(=O)CNC(=O)[C@@H](CC(=O)O)NC(=O)[C@H](N)CSSC[C@H](C(N)=O)NC1=O. The summed E-state index contributed by atoms with van der Waals surface area (Å²) in [5, 5.41) is 44.1. The van der Waals surface area contributed by atoms with E-state index in [9.17, 15) is 68.3 Å². The van der Waals surface area contributed by atoms with Crippen molar-refractivity contribution < 1.29 is 63.1 Å². The zero-order valence-electron chi connectivity index (χ0n) is 30.3. The zero-order valence-corrected chi connectivity index (χ0v) is 31.9. The number of carbonyl (C=O) groups excluding carboxylic acids is 9. The largest absolute Gasteiger partial charge is 0.502 e. The lowest BCUT2D eigenvalue weighted by atomic mass is 10.0. The fraction of sp³-hybridized carbons (Fsp3) is 0.484. The van der Waals surface area contributed by atoms with E-state index in [-0.39, 0.29) is 30.0 Å². The van der Waals surface area contributed by atoms with Crippen molar-refractivity contribution in [3.63, 3.8) is 0 Å². The second kappa shape index (κ2) is 21.3. The van der Waals surface area contributed by atoms with Gasteiger partial charge in [-0.25, -0.2) is 0 Å². The number of nitrogens with one attached hydrogen (secondary N) is 6. The maximum Gasteiger partial charge on any atom is 0.310 e. The first-order valence-electron chi connectivity index (χ1n) is 17.1. The number of aromatic hydroxyl groups is 1. The number of benzene rings is 1. The number of nitrogens with two attached hydrogens (primary N) is 3. The number of rotatable bonds is 8. The molecule has 2 fully saturated rings. The zero-order chi connectivity index (χ0) is 43.3. The van der Waals surface area contributed by atoms with Gasteiger partial charge in [0.2, 0.25) is 53.2 Å². The summed E-state index contributed by atoms with van der Waals surface area (Å²) >= 11 is 0. The maximum absolute atomic E-state index is 13.4. The summed E-state index contributed by atoms with van der Waals surface area (Å²) in [5.41, 5.74) is 16.0. The van der Waals surface area contributed by atoms with Crippen LogP contribution in [-0.2, 0) is 54.4 Å². The molecule has 2 aliphatic heterocycles. The lowest BCUT2D eigenvalue weighted by Gasteiger charge is -2.40. The summed E-state index contributed by atoms with van der Waals surface area (Å²) in [4.78, 5) is 139. The van der Waals surface area contributed by atoms with E-state index in [0.29, 0.717) is 0 Å². The Labute approximate surface area is 335 Å². The number of amides is 9. The number of hydrogen-bond acceptors (Lipinski definition) is 16. The van der Waals surface area contributed by atoms with Crippen LogP contribution >= 0.6 is 21.6 Å².